The molecule has 0 unspecified atom stereocenters. The number of hydrogen-bond donors (Lipinski definition) is 2. The SMILES string of the molecule is O=C(O)NCCC1CCN(c2nccc3ccccc23)CC1. The van der Waals surface area contributed by atoms with Crippen LogP contribution in [0.5, 0.6) is 0 Å². The fourth-order valence-corrected chi connectivity index (χ4v) is 3.17. The molecule has 0 bridgehead atoms. The summed E-state index contributed by atoms with van der Waals surface area (Å²) in [5.74, 6) is 1.67. The average molecular weight is 299 g/mol. The summed E-state index contributed by atoms with van der Waals surface area (Å²) in [5, 5.41) is 13.5. The largest absolute Gasteiger partial charge is 0.465 e. The first-order chi connectivity index (χ1) is 10.7. The molecule has 1 fully saturated rings. The fourth-order valence-electron chi connectivity index (χ4n) is 3.17. The molecule has 0 saturated carbocycles. The summed E-state index contributed by atoms with van der Waals surface area (Å²) >= 11 is 0. The highest BCUT2D eigenvalue weighted by atomic mass is 16.4. The van der Waals surface area contributed by atoms with Crippen LogP contribution in [0.1, 0.15) is 19.3 Å². The minimum Gasteiger partial charge on any atom is -0.465 e. The summed E-state index contributed by atoms with van der Waals surface area (Å²) in [7, 11) is 0. The maximum absolute atomic E-state index is 10.5. The third kappa shape index (κ3) is 3.30. The molecule has 0 aliphatic carbocycles. The Bertz CT molecular complexity index is 646. The zero-order valence-corrected chi connectivity index (χ0v) is 12.5. The van der Waals surface area contributed by atoms with Crippen molar-refractivity contribution in [1.29, 1.82) is 0 Å². The van der Waals surface area contributed by atoms with Crippen LogP contribution in [0.15, 0.2) is 36.5 Å². The first-order valence-electron chi connectivity index (χ1n) is 7.79. The standard InChI is InChI=1S/C17H21N3O2/c21-17(22)19-9-5-13-7-11-20(12-8-13)16-15-4-2-1-3-14(15)6-10-18-16/h1-4,6,10,13,19H,5,7-9,11-12H2,(H,21,22). The third-order valence-electron chi connectivity index (χ3n) is 4.40. The van der Waals surface area contributed by atoms with E-state index in [4.69, 9.17) is 5.11 Å². The Balaban J connectivity index is 1.62. The van der Waals surface area contributed by atoms with Gasteiger partial charge in [0, 0.05) is 31.2 Å². The van der Waals surface area contributed by atoms with Crippen LogP contribution < -0.4 is 10.2 Å². The summed E-state index contributed by atoms with van der Waals surface area (Å²) in [6.07, 6.45) is 4.04. The van der Waals surface area contributed by atoms with Gasteiger partial charge in [-0.25, -0.2) is 9.78 Å². The molecule has 2 heterocycles. The molecule has 1 aliphatic heterocycles. The van der Waals surface area contributed by atoms with Crippen LogP contribution >= 0.6 is 0 Å². The molecule has 0 radical (unpaired) electrons. The van der Waals surface area contributed by atoms with Crippen LogP contribution in [0.4, 0.5) is 10.6 Å². The second-order valence-electron chi connectivity index (χ2n) is 5.81. The molecule has 1 aromatic heterocycles. The number of piperidine rings is 1. The van der Waals surface area contributed by atoms with E-state index >= 15 is 0 Å². The van der Waals surface area contributed by atoms with E-state index in [2.05, 4.69) is 33.4 Å². The molecule has 22 heavy (non-hydrogen) atoms. The lowest BCUT2D eigenvalue weighted by Crippen LogP contribution is -2.35. The van der Waals surface area contributed by atoms with Crippen LogP contribution in [0.2, 0.25) is 0 Å². The molecule has 2 aromatic rings. The molecular formula is C17H21N3O2. The Morgan fingerprint density at radius 3 is 2.82 bits per heavy atom. The number of carboxylic acid groups (broad SMARTS) is 1. The number of aromatic nitrogens is 1. The maximum Gasteiger partial charge on any atom is 0.404 e. The number of rotatable bonds is 4. The second kappa shape index (κ2) is 6.64. The van der Waals surface area contributed by atoms with E-state index in [0.717, 1.165) is 38.2 Å². The summed E-state index contributed by atoms with van der Waals surface area (Å²) in [5.41, 5.74) is 0. The van der Waals surface area contributed by atoms with Gasteiger partial charge in [-0.2, -0.15) is 0 Å². The topological polar surface area (TPSA) is 65.5 Å². The first-order valence-corrected chi connectivity index (χ1v) is 7.79. The number of amides is 1. The van der Waals surface area contributed by atoms with Crippen LogP contribution in [0.25, 0.3) is 10.8 Å². The number of carbonyl (C=O) groups is 1. The van der Waals surface area contributed by atoms with Crippen LogP contribution in [-0.4, -0.2) is 35.8 Å². The highest BCUT2D eigenvalue weighted by Gasteiger charge is 2.21. The molecule has 2 N–H and O–H groups in total. The molecule has 1 amide bonds. The Hall–Kier alpha value is -2.30. The van der Waals surface area contributed by atoms with Gasteiger partial charge in [-0.05, 0) is 36.6 Å². The predicted octanol–water partition coefficient (Wildman–Crippen LogP) is 3.11. The van der Waals surface area contributed by atoms with Crippen molar-refractivity contribution >= 4 is 22.7 Å². The molecule has 0 atom stereocenters. The van der Waals surface area contributed by atoms with E-state index in [9.17, 15) is 4.79 Å². The van der Waals surface area contributed by atoms with E-state index < -0.39 is 6.09 Å². The molecule has 3 rings (SSSR count). The van der Waals surface area contributed by atoms with Gasteiger partial charge in [-0.15, -0.1) is 0 Å². The molecule has 5 nitrogen and oxygen atoms in total. The van der Waals surface area contributed by atoms with Gasteiger partial charge in [-0.1, -0.05) is 24.3 Å². The number of benzene rings is 1. The number of nitrogens with zero attached hydrogens (tertiary/aromatic N) is 2. The molecule has 1 saturated heterocycles. The summed E-state index contributed by atoms with van der Waals surface area (Å²) < 4.78 is 0. The molecule has 5 heteroatoms. The van der Waals surface area contributed by atoms with E-state index in [-0.39, 0.29) is 0 Å². The van der Waals surface area contributed by atoms with Crippen molar-refractivity contribution in [2.75, 3.05) is 24.5 Å². The average Bonchev–Trinajstić information content (AvgIpc) is 2.55. The lowest BCUT2D eigenvalue weighted by molar-refractivity contribution is 0.193. The van der Waals surface area contributed by atoms with Gasteiger partial charge < -0.3 is 15.3 Å². The Morgan fingerprint density at radius 2 is 2.05 bits per heavy atom. The highest BCUT2D eigenvalue weighted by molar-refractivity contribution is 5.92. The first kappa shape index (κ1) is 14.6. The minimum absolute atomic E-state index is 0.548. The maximum atomic E-state index is 10.5. The lowest BCUT2D eigenvalue weighted by Gasteiger charge is -2.33. The zero-order chi connectivity index (χ0) is 15.4. The number of hydrogen-bond acceptors (Lipinski definition) is 3. The normalized spacial score (nSPS) is 15.9. The summed E-state index contributed by atoms with van der Waals surface area (Å²) in [6, 6.07) is 10.4. The zero-order valence-electron chi connectivity index (χ0n) is 12.5. The van der Waals surface area contributed by atoms with Crippen LogP contribution in [0.3, 0.4) is 0 Å². The smallest absolute Gasteiger partial charge is 0.404 e. The molecule has 0 spiro atoms. The van der Waals surface area contributed by atoms with Gasteiger partial charge >= 0.3 is 6.09 Å². The third-order valence-corrected chi connectivity index (χ3v) is 4.40. The summed E-state index contributed by atoms with van der Waals surface area (Å²) in [4.78, 5) is 17.4. The molecule has 116 valence electrons. The lowest BCUT2D eigenvalue weighted by atomic mass is 9.93. The van der Waals surface area contributed by atoms with Crippen LogP contribution in [0, 0.1) is 5.92 Å². The van der Waals surface area contributed by atoms with Gasteiger partial charge in [0.15, 0.2) is 0 Å². The molecule has 1 aromatic carbocycles. The second-order valence-corrected chi connectivity index (χ2v) is 5.81. The van der Waals surface area contributed by atoms with Crippen molar-refractivity contribution in [3.05, 3.63) is 36.5 Å². The Labute approximate surface area is 130 Å². The fraction of sp³-hybridized carbons (Fsp3) is 0.412. The van der Waals surface area contributed by atoms with Gasteiger partial charge in [0.05, 0.1) is 0 Å². The van der Waals surface area contributed by atoms with Crippen molar-refractivity contribution < 1.29 is 9.90 Å². The molecule has 1 aliphatic rings. The summed E-state index contributed by atoms with van der Waals surface area (Å²) in [6.45, 7) is 2.52. The number of nitrogens with one attached hydrogen (secondary N) is 1. The monoisotopic (exact) mass is 299 g/mol. The van der Waals surface area contributed by atoms with Gasteiger partial charge in [0.2, 0.25) is 0 Å². The van der Waals surface area contributed by atoms with Crippen molar-refractivity contribution in [1.82, 2.24) is 10.3 Å². The van der Waals surface area contributed by atoms with E-state index in [0.29, 0.717) is 12.5 Å². The number of anilines is 1. The Kier molecular flexibility index (Phi) is 4.42. The number of fused-ring (bicyclic) bond motifs is 1. The minimum atomic E-state index is -0.933. The van der Waals surface area contributed by atoms with Gasteiger partial charge in [0.25, 0.3) is 0 Å². The van der Waals surface area contributed by atoms with Crippen molar-refractivity contribution in [3.63, 3.8) is 0 Å². The van der Waals surface area contributed by atoms with Gasteiger partial charge in [0.1, 0.15) is 5.82 Å². The highest BCUT2D eigenvalue weighted by Crippen LogP contribution is 2.28. The van der Waals surface area contributed by atoms with E-state index in [1.54, 1.807) is 0 Å². The van der Waals surface area contributed by atoms with Crippen LogP contribution in [-0.2, 0) is 0 Å². The van der Waals surface area contributed by atoms with Gasteiger partial charge in [-0.3, -0.25) is 0 Å². The molecular weight excluding hydrogens is 278 g/mol. The van der Waals surface area contributed by atoms with E-state index in [1.165, 1.54) is 10.8 Å². The predicted molar refractivity (Wildman–Crippen MR) is 87.3 cm³/mol. The number of pyridine rings is 1. The van der Waals surface area contributed by atoms with Crippen molar-refractivity contribution in [2.24, 2.45) is 5.92 Å². The van der Waals surface area contributed by atoms with E-state index in [1.807, 2.05) is 18.3 Å². The van der Waals surface area contributed by atoms with Crippen molar-refractivity contribution in [2.45, 2.75) is 19.3 Å². The Morgan fingerprint density at radius 1 is 1.27 bits per heavy atom. The van der Waals surface area contributed by atoms with Crippen molar-refractivity contribution in [3.8, 4) is 0 Å². The quantitative estimate of drug-likeness (QED) is 0.910.